The van der Waals surface area contributed by atoms with Crippen molar-refractivity contribution in [1.82, 2.24) is 14.9 Å². The number of amides is 1. The number of aryl methyl sites for hydroxylation is 1. The van der Waals surface area contributed by atoms with Crippen molar-refractivity contribution < 1.29 is 4.79 Å². The van der Waals surface area contributed by atoms with Gasteiger partial charge in [0.25, 0.3) is 5.91 Å². The first kappa shape index (κ1) is 21.3. The van der Waals surface area contributed by atoms with Gasteiger partial charge in [0, 0.05) is 31.9 Å². The summed E-state index contributed by atoms with van der Waals surface area (Å²) < 4.78 is 0. The van der Waals surface area contributed by atoms with Gasteiger partial charge in [-0.1, -0.05) is 44.2 Å². The number of benzene rings is 1. The average Bonchev–Trinajstić information content (AvgIpc) is 2.74. The van der Waals surface area contributed by atoms with Crippen molar-refractivity contribution in [3.8, 4) is 0 Å². The number of hydrogen-bond acceptors (Lipinski definition) is 4. The van der Waals surface area contributed by atoms with E-state index in [2.05, 4.69) is 59.0 Å². The van der Waals surface area contributed by atoms with Crippen molar-refractivity contribution in [3.05, 3.63) is 53.3 Å². The van der Waals surface area contributed by atoms with E-state index in [9.17, 15) is 4.79 Å². The molecule has 1 aromatic heterocycles. The van der Waals surface area contributed by atoms with Crippen LogP contribution >= 0.6 is 0 Å². The Morgan fingerprint density at radius 1 is 1.07 bits per heavy atom. The molecular weight excluding hydrogens is 360 g/mol. The van der Waals surface area contributed by atoms with Crippen LogP contribution in [0.15, 0.2) is 36.4 Å². The third kappa shape index (κ3) is 5.78. The first-order chi connectivity index (χ1) is 14.1. The van der Waals surface area contributed by atoms with E-state index >= 15 is 0 Å². The van der Waals surface area contributed by atoms with Crippen LogP contribution in [0, 0.1) is 12.8 Å². The third-order valence-corrected chi connectivity index (χ3v) is 5.60. The van der Waals surface area contributed by atoms with Crippen LogP contribution in [0.4, 0.5) is 5.95 Å². The molecule has 2 heterocycles. The van der Waals surface area contributed by atoms with Crippen LogP contribution in [0.5, 0.6) is 0 Å². The lowest BCUT2D eigenvalue weighted by Crippen LogP contribution is -2.37. The molecule has 1 amide bonds. The monoisotopic (exact) mass is 394 g/mol. The molecule has 0 aliphatic carbocycles. The van der Waals surface area contributed by atoms with Gasteiger partial charge < -0.3 is 9.80 Å². The van der Waals surface area contributed by atoms with Gasteiger partial charge in [0.15, 0.2) is 0 Å². The summed E-state index contributed by atoms with van der Waals surface area (Å²) in [6, 6.07) is 12.6. The van der Waals surface area contributed by atoms with Crippen molar-refractivity contribution in [2.75, 3.05) is 31.1 Å². The van der Waals surface area contributed by atoms with E-state index in [0.29, 0.717) is 17.6 Å². The number of hydrogen-bond donors (Lipinski definition) is 0. The molecule has 0 spiro atoms. The van der Waals surface area contributed by atoms with Crippen LogP contribution in [0.25, 0.3) is 0 Å². The summed E-state index contributed by atoms with van der Waals surface area (Å²) in [6.45, 7) is 9.60. The zero-order valence-electron chi connectivity index (χ0n) is 18.1. The minimum absolute atomic E-state index is 0.0272. The topological polar surface area (TPSA) is 49.3 Å². The van der Waals surface area contributed by atoms with Crippen molar-refractivity contribution in [3.63, 3.8) is 0 Å². The molecule has 5 nitrogen and oxygen atoms in total. The number of anilines is 1. The molecule has 0 N–H and O–H groups in total. The number of aromatic nitrogens is 2. The Bertz CT molecular complexity index is 779. The minimum atomic E-state index is 0.0272. The maximum Gasteiger partial charge on any atom is 0.272 e. The van der Waals surface area contributed by atoms with Crippen molar-refractivity contribution in [2.45, 2.75) is 52.9 Å². The Morgan fingerprint density at radius 2 is 1.72 bits per heavy atom. The van der Waals surface area contributed by atoms with Gasteiger partial charge in [-0.05, 0) is 56.6 Å². The highest BCUT2D eigenvalue weighted by Crippen LogP contribution is 2.24. The fourth-order valence-electron chi connectivity index (χ4n) is 4.11. The molecule has 0 bridgehead atoms. The van der Waals surface area contributed by atoms with E-state index in [-0.39, 0.29) is 5.91 Å². The third-order valence-electron chi connectivity index (χ3n) is 5.60. The van der Waals surface area contributed by atoms with Gasteiger partial charge in [0.1, 0.15) is 5.69 Å². The van der Waals surface area contributed by atoms with E-state index in [1.54, 1.807) is 0 Å². The second-order valence-corrected chi connectivity index (χ2v) is 8.11. The van der Waals surface area contributed by atoms with Crippen LogP contribution in [-0.2, 0) is 6.42 Å². The van der Waals surface area contributed by atoms with Crippen LogP contribution in [0.2, 0.25) is 0 Å². The second kappa shape index (κ2) is 10.4. The fraction of sp³-hybridized carbons (Fsp3) is 0.542. The zero-order chi connectivity index (χ0) is 20.6. The lowest BCUT2D eigenvalue weighted by molar-refractivity contribution is 0.0749. The highest BCUT2D eigenvalue weighted by molar-refractivity contribution is 5.92. The normalized spacial score (nSPS) is 14.8. The molecule has 29 heavy (non-hydrogen) atoms. The molecule has 156 valence electrons. The molecular formula is C24H34N4O. The molecule has 0 unspecified atom stereocenters. The van der Waals surface area contributed by atoms with Crippen molar-refractivity contribution in [1.29, 1.82) is 0 Å². The first-order valence-electron chi connectivity index (χ1n) is 11.0. The zero-order valence-corrected chi connectivity index (χ0v) is 18.1. The summed E-state index contributed by atoms with van der Waals surface area (Å²) >= 11 is 0. The summed E-state index contributed by atoms with van der Waals surface area (Å²) in [5.41, 5.74) is 2.80. The smallest absolute Gasteiger partial charge is 0.272 e. The van der Waals surface area contributed by atoms with E-state index in [0.717, 1.165) is 64.0 Å². The molecule has 1 aliphatic rings. The Hall–Kier alpha value is -2.43. The molecule has 1 aliphatic heterocycles. The van der Waals surface area contributed by atoms with Gasteiger partial charge >= 0.3 is 0 Å². The molecule has 1 saturated heterocycles. The van der Waals surface area contributed by atoms with Gasteiger partial charge in [-0.15, -0.1) is 0 Å². The molecule has 1 aromatic carbocycles. The van der Waals surface area contributed by atoms with Gasteiger partial charge in [0.05, 0.1) is 0 Å². The molecule has 0 atom stereocenters. The molecule has 0 saturated carbocycles. The maximum absolute atomic E-state index is 13.0. The predicted octanol–water partition coefficient (Wildman–Crippen LogP) is 4.51. The number of nitrogens with zero attached hydrogens (tertiary/aromatic N) is 4. The summed E-state index contributed by atoms with van der Waals surface area (Å²) in [5, 5.41) is 0. The first-order valence-corrected chi connectivity index (χ1v) is 11.0. The molecule has 0 radical (unpaired) electrons. The maximum atomic E-state index is 13.0. The summed E-state index contributed by atoms with van der Waals surface area (Å²) in [7, 11) is 0. The molecule has 1 fully saturated rings. The fourth-order valence-corrected chi connectivity index (χ4v) is 4.11. The van der Waals surface area contributed by atoms with Crippen LogP contribution in [0.3, 0.4) is 0 Å². The van der Waals surface area contributed by atoms with Gasteiger partial charge in [-0.3, -0.25) is 4.79 Å². The lowest BCUT2D eigenvalue weighted by Gasteiger charge is -2.32. The highest BCUT2D eigenvalue weighted by atomic mass is 16.2. The number of piperidine rings is 1. The van der Waals surface area contributed by atoms with Gasteiger partial charge in [-0.2, -0.15) is 0 Å². The lowest BCUT2D eigenvalue weighted by atomic mass is 9.90. The minimum Gasteiger partial charge on any atom is -0.341 e. The largest absolute Gasteiger partial charge is 0.341 e. The summed E-state index contributed by atoms with van der Waals surface area (Å²) in [5.74, 6) is 1.43. The number of rotatable bonds is 8. The van der Waals surface area contributed by atoms with Crippen LogP contribution in [-0.4, -0.2) is 47.0 Å². The standard InChI is InChI=1S/C24H34N4O/c1-4-13-27(14-5-2)23(29)22-17-19(3)25-24(26-22)28-15-11-21(12-16-28)18-20-9-7-6-8-10-20/h6-10,17,21H,4-5,11-16,18H2,1-3H3. The van der Waals surface area contributed by atoms with E-state index in [1.165, 1.54) is 5.56 Å². The summed E-state index contributed by atoms with van der Waals surface area (Å²) in [4.78, 5) is 26.5. The molecule has 5 heteroatoms. The van der Waals surface area contributed by atoms with E-state index < -0.39 is 0 Å². The Balaban J connectivity index is 1.66. The van der Waals surface area contributed by atoms with Crippen molar-refractivity contribution >= 4 is 11.9 Å². The summed E-state index contributed by atoms with van der Waals surface area (Å²) in [6.07, 6.45) is 5.31. The van der Waals surface area contributed by atoms with Crippen LogP contribution < -0.4 is 4.90 Å². The van der Waals surface area contributed by atoms with Crippen LogP contribution in [0.1, 0.15) is 61.3 Å². The SMILES string of the molecule is CCCN(CCC)C(=O)c1cc(C)nc(N2CCC(Cc3ccccc3)CC2)n1. The average molecular weight is 395 g/mol. The van der Waals surface area contributed by atoms with E-state index in [4.69, 9.17) is 0 Å². The molecule has 3 rings (SSSR count). The quantitative estimate of drug-likeness (QED) is 0.661. The Kier molecular flexibility index (Phi) is 7.62. The second-order valence-electron chi connectivity index (χ2n) is 8.11. The number of carbonyl (C=O) groups is 1. The highest BCUT2D eigenvalue weighted by Gasteiger charge is 2.23. The predicted molar refractivity (Wildman–Crippen MR) is 118 cm³/mol. The van der Waals surface area contributed by atoms with Gasteiger partial charge in [-0.25, -0.2) is 9.97 Å². The molecule has 2 aromatic rings. The van der Waals surface area contributed by atoms with Gasteiger partial charge in [0.2, 0.25) is 5.95 Å². The van der Waals surface area contributed by atoms with E-state index in [1.807, 2.05) is 17.9 Å². The number of carbonyl (C=O) groups excluding carboxylic acids is 1. The Labute approximate surface area is 175 Å². The Morgan fingerprint density at radius 3 is 2.34 bits per heavy atom. The van der Waals surface area contributed by atoms with Crippen molar-refractivity contribution in [2.24, 2.45) is 5.92 Å².